The molecule has 108 valence electrons. The van der Waals surface area contributed by atoms with Crippen LogP contribution in [0.4, 0.5) is 17.3 Å². The fourth-order valence-corrected chi connectivity index (χ4v) is 3.03. The van der Waals surface area contributed by atoms with Gasteiger partial charge in [0.05, 0.1) is 15.7 Å². The second-order valence-corrected chi connectivity index (χ2v) is 5.98. The van der Waals surface area contributed by atoms with Crippen molar-refractivity contribution < 1.29 is 0 Å². The van der Waals surface area contributed by atoms with E-state index >= 15 is 0 Å². The largest absolute Gasteiger partial charge is 0.370 e. The number of thioether (sulfide) groups is 1. The van der Waals surface area contributed by atoms with E-state index in [1.807, 2.05) is 36.9 Å². The summed E-state index contributed by atoms with van der Waals surface area (Å²) in [5.41, 5.74) is 3.88. The van der Waals surface area contributed by atoms with Gasteiger partial charge < -0.3 is 10.6 Å². The van der Waals surface area contributed by atoms with Crippen LogP contribution in [0.15, 0.2) is 34.9 Å². The first-order valence-corrected chi connectivity index (χ1v) is 8.66. The summed E-state index contributed by atoms with van der Waals surface area (Å²) in [6, 6.07) is 8.02. The lowest BCUT2D eigenvalue weighted by Crippen LogP contribution is -2.03. The van der Waals surface area contributed by atoms with Crippen LogP contribution in [0, 0.1) is 0 Å². The summed E-state index contributed by atoms with van der Waals surface area (Å²) in [5, 5.41) is 7.30. The second-order valence-electron chi connectivity index (χ2n) is 4.32. The minimum absolute atomic E-state index is 0.745. The van der Waals surface area contributed by atoms with Gasteiger partial charge in [0.1, 0.15) is 11.6 Å². The Morgan fingerprint density at radius 2 is 2.05 bits per heavy atom. The Hall–Kier alpha value is -1.86. The molecule has 0 atom stereocenters. The van der Waals surface area contributed by atoms with Gasteiger partial charge in [0, 0.05) is 18.3 Å². The van der Waals surface area contributed by atoms with E-state index in [0.717, 1.165) is 39.2 Å². The zero-order chi connectivity index (χ0) is 14.7. The van der Waals surface area contributed by atoms with E-state index in [0.29, 0.717) is 0 Å². The molecule has 7 heteroatoms. The lowest BCUT2D eigenvalue weighted by atomic mass is 10.3. The number of anilines is 3. The van der Waals surface area contributed by atoms with E-state index in [1.54, 1.807) is 11.3 Å². The lowest BCUT2D eigenvalue weighted by Gasteiger charge is -2.09. The molecule has 3 rings (SSSR count). The van der Waals surface area contributed by atoms with Crippen molar-refractivity contribution in [1.29, 1.82) is 0 Å². The molecule has 0 amide bonds. The fourth-order valence-electron chi connectivity index (χ4n) is 1.93. The van der Waals surface area contributed by atoms with Crippen LogP contribution in [0.3, 0.4) is 0 Å². The Kier molecular flexibility index (Phi) is 4.21. The zero-order valence-corrected chi connectivity index (χ0v) is 13.4. The molecule has 1 aromatic carbocycles. The van der Waals surface area contributed by atoms with Gasteiger partial charge in [-0.15, -0.1) is 11.3 Å². The maximum atomic E-state index is 4.49. The standard InChI is InChI=1S/C14H15N5S2/c1-3-15-12-7-13(19-14(18-12)20-2)17-9-4-5-10-11(6-9)21-8-16-10/h4-8H,3H2,1-2H3,(H2,15,17,18,19). The number of fused-ring (bicyclic) bond motifs is 1. The van der Waals surface area contributed by atoms with E-state index < -0.39 is 0 Å². The van der Waals surface area contributed by atoms with Gasteiger partial charge >= 0.3 is 0 Å². The van der Waals surface area contributed by atoms with Crippen molar-refractivity contribution in [1.82, 2.24) is 15.0 Å². The molecule has 5 nitrogen and oxygen atoms in total. The van der Waals surface area contributed by atoms with Gasteiger partial charge in [-0.25, -0.2) is 15.0 Å². The quantitative estimate of drug-likeness (QED) is 0.548. The Morgan fingerprint density at radius 3 is 2.86 bits per heavy atom. The minimum Gasteiger partial charge on any atom is -0.370 e. The molecule has 2 aromatic heterocycles. The Bertz CT molecular complexity index is 756. The summed E-state index contributed by atoms with van der Waals surface area (Å²) in [6.45, 7) is 2.88. The van der Waals surface area contributed by atoms with Gasteiger partial charge in [-0.3, -0.25) is 0 Å². The molecule has 3 aromatic rings. The smallest absolute Gasteiger partial charge is 0.191 e. The van der Waals surface area contributed by atoms with Crippen LogP contribution < -0.4 is 10.6 Å². The van der Waals surface area contributed by atoms with Crippen LogP contribution in [-0.4, -0.2) is 27.8 Å². The first-order valence-electron chi connectivity index (χ1n) is 6.55. The van der Waals surface area contributed by atoms with Gasteiger partial charge in [-0.1, -0.05) is 11.8 Å². The van der Waals surface area contributed by atoms with Gasteiger partial charge in [-0.2, -0.15) is 0 Å². The molecular weight excluding hydrogens is 302 g/mol. The van der Waals surface area contributed by atoms with Crippen LogP contribution in [-0.2, 0) is 0 Å². The molecule has 0 aliphatic rings. The van der Waals surface area contributed by atoms with Crippen LogP contribution in [0.25, 0.3) is 10.2 Å². The number of benzene rings is 1. The van der Waals surface area contributed by atoms with Crippen molar-refractivity contribution in [2.75, 3.05) is 23.4 Å². The maximum absolute atomic E-state index is 4.49. The average molecular weight is 317 g/mol. The Morgan fingerprint density at radius 1 is 1.19 bits per heavy atom. The number of thiazole rings is 1. The fraction of sp³-hybridized carbons (Fsp3) is 0.214. The SMILES string of the molecule is CCNc1cc(Nc2ccc3ncsc3c2)nc(SC)n1. The third kappa shape index (κ3) is 3.25. The molecule has 0 saturated carbocycles. The predicted octanol–water partition coefficient (Wildman–Crippen LogP) is 3.98. The molecular formula is C14H15N5S2. The molecule has 2 heterocycles. The highest BCUT2D eigenvalue weighted by Crippen LogP contribution is 2.25. The first kappa shape index (κ1) is 14.1. The van der Waals surface area contributed by atoms with Crippen molar-refractivity contribution in [3.8, 4) is 0 Å². The highest BCUT2D eigenvalue weighted by molar-refractivity contribution is 7.98. The molecule has 0 unspecified atom stereocenters. The summed E-state index contributed by atoms with van der Waals surface area (Å²) in [6.07, 6.45) is 1.97. The number of nitrogens with zero attached hydrogens (tertiary/aromatic N) is 3. The number of nitrogens with one attached hydrogen (secondary N) is 2. The van der Waals surface area contributed by atoms with E-state index in [-0.39, 0.29) is 0 Å². The Labute approximate surface area is 131 Å². The third-order valence-electron chi connectivity index (χ3n) is 2.85. The third-order valence-corrected chi connectivity index (χ3v) is 4.19. The monoisotopic (exact) mass is 317 g/mol. The van der Waals surface area contributed by atoms with E-state index in [9.17, 15) is 0 Å². The number of hydrogen-bond donors (Lipinski definition) is 2. The molecule has 0 fully saturated rings. The molecule has 0 radical (unpaired) electrons. The molecule has 0 saturated heterocycles. The van der Waals surface area contributed by atoms with E-state index in [2.05, 4.69) is 31.7 Å². The van der Waals surface area contributed by atoms with Crippen LogP contribution >= 0.6 is 23.1 Å². The van der Waals surface area contributed by atoms with Crippen molar-refractivity contribution in [3.63, 3.8) is 0 Å². The van der Waals surface area contributed by atoms with E-state index in [1.165, 1.54) is 11.8 Å². The molecule has 0 bridgehead atoms. The molecule has 0 aliphatic carbocycles. The molecule has 0 aliphatic heterocycles. The summed E-state index contributed by atoms with van der Waals surface area (Å²) < 4.78 is 1.16. The van der Waals surface area contributed by atoms with E-state index in [4.69, 9.17) is 0 Å². The number of aromatic nitrogens is 3. The zero-order valence-electron chi connectivity index (χ0n) is 11.8. The van der Waals surface area contributed by atoms with Gasteiger partial charge in [0.25, 0.3) is 0 Å². The van der Waals surface area contributed by atoms with Gasteiger partial charge in [0.2, 0.25) is 0 Å². The highest BCUT2D eigenvalue weighted by Gasteiger charge is 2.05. The minimum atomic E-state index is 0.745. The van der Waals surface area contributed by atoms with Crippen molar-refractivity contribution in [3.05, 3.63) is 29.8 Å². The average Bonchev–Trinajstić information content (AvgIpc) is 2.95. The van der Waals surface area contributed by atoms with Crippen LogP contribution in [0.2, 0.25) is 0 Å². The van der Waals surface area contributed by atoms with Gasteiger partial charge in [0.15, 0.2) is 5.16 Å². The topological polar surface area (TPSA) is 62.7 Å². The highest BCUT2D eigenvalue weighted by atomic mass is 32.2. The van der Waals surface area contributed by atoms with Crippen LogP contribution in [0.5, 0.6) is 0 Å². The summed E-state index contributed by atoms with van der Waals surface area (Å²) >= 11 is 3.16. The van der Waals surface area contributed by atoms with Crippen molar-refractivity contribution in [2.24, 2.45) is 0 Å². The van der Waals surface area contributed by atoms with Crippen molar-refractivity contribution in [2.45, 2.75) is 12.1 Å². The maximum Gasteiger partial charge on any atom is 0.191 e. The molecule has 0 spiro atoms. The number of hydrogen-bond acceptors (Lipinski definition) is 7. The summed E-state index contributed by atoms with van der Waals surface area (Å²) in [4.78, 5) is 13.2. The predicted molar refractivity (Wildman–Crippen MR) is 90.9 cm³/mol. The summed E-state index contributed by atoms with van der Waals surface area (Å²) in [5.74, 6) is 1.62. The lowest BCUT2D eigenvalue weighted by molar-refractivity contribution is 0.967. The molecule has 2 N–H and O–H groups in total. The Balaban J connectivity index is 1.90. The first-order chi connectivity index (χ1) is 10.3. The van der Waals surface area contributed by atoms with Gasteiger partial charge in [-0.05, 0) is 31.4 Å². The normalized spacial score (nSPS) is 10.8. The molecule has 21 heavy (non-hydrogen) atoms. The number of rotatable bonds is 5. The summed E-state index contributed by atoms with van der Waals surface area (Å²) in [7, 11) is 0. The van der Waals surface area contributed by atoms with Crippen LogP contribution in [0.1, 0.15) is 6.92 Å². The van der Waals surface area contributed by atoms with Crippen molar-refractivity contribution >= 4 is 50.6 Å². The second kappa shape index (κ2) is 6.28.